The second-order valence-electron chi connectivity index (χ2n) is 11.0. The highest BCUT2D eigenvalue weighted by Crippen LogP contribution is 2.30. The number of aryl methyl sites for hydroxylation is 2. The minimum atomic E-state index is -0.509. The summed E-state index contributed by atoms with van der Waals surface area (Å²) in [7, 11) is 3.22. The van der Waals surface area contributed by atoms with Gasteiger partial charge in [0.1, 0.15) is 29.0 Å². The van der Waals surface area contributed by atoms with Crippen molar-refractivity contribution in [1.29, 1.82) is 0 Å². The lowest BCUT2D eigenvalue weighted by Gasteiger charge is -2.34. The van der Waals surface area contributed by atoms with Crippen molar-refractivity contribution in [3.63, 3.8) is 0 Å². The Morgan fingerprint density at radius 1 is 1.14 bits per heavy atom. The van der Waals surface area contributed by atoms with Crippen LogP contribution in [0.2, 0.25) is 0 Å². The quantitative estimate of drug-likeness (QED) is 0.295. The molecule has 2 aromatic carbocycles. The molecule has 236 valence electrons. The van der Waals surface area contributed by atoms with Crippen molar-refractivity contribution < 1.29 is 33.5 Å². The third-order valence-electron chi connectivity index (χ3n) is 7.59. The number of carbonyl (C=O) groups is 3. The molecule has 0 unspecified atom stereocenters. The van der Waals surface area contributed by atoms with Crippen LogP contribution in [0.25, 0.3) is 0 Å². The highest BCUT2D eigenvalue weighted by atomic mass is 16.5. The summed E-state index contributed by atoms with van der Waals surface area (Å²) in [5.74, 6) is 1.24. The third-order valence-corrected chi connectivity index (χ3v) is 7.59. The first kappa shape index (κ1) is 32.1. The van der Waals surface area contributed by atoms with Gasteiger partial charge in [0.25, 0.3) is 0 Å². The van der Waals surface area contributed by atoms with Crippen LogP contribution in [0.5, 0.6) is 11.5 Å². The normalized spacial score (nSPS) is 17.2. The second-order valence-corrected chi connectivity index (χ2v) is 11.0. The number of aliphatic hydroxyl groups excluding tert-OH is 1. The molecule has 3 atom stereocenters. The number of hydrogen-bond donors (Lipinski definition) is 4. The molecule has 1 aliphatic heterocycles. The van der Waals surface area contributed by atoms with Crippen LogP contribution in [-0.4, -0.2) is 84.0 Å². The largest absolute Gasteiger partial charge is 0.497 e. The molecule has 0 spiro atoms. The Morgan fingerprint density at radius 3 is 2.45 bits per heavy atom. The van der Waals surface area contributed by atoms with Gasteiger partial charge >= 0.3 is 12.1 Å². The maximum Gasteiger partial charge on any atom is 0.323 e. The Kier molecular flexibility index (Phi) is 10.3. The summed E-state index contributed by atoms with van der Waals surface area (Å²) >= 11 is 0. The van der Waals surface area contributed by atoms with Gasteiger partial charge in [-0.05, 0) is 63.2 Å². The molecule has 13 heteroatoms. The highest BCUT2D eigenvalue weighted by Gasteiger charge is 2.32. The minimum Gasteiger partial charge on any atom is -0.497 e. The zero-order valence-electron chi connectivity index (χ0n) is 25.8. The molecule has 4 rings (SSSR count). The first-order chi connectivity index (χ1) is 21.0. The summed E-state index contributed by atoms with van der Waals surface area (Å²) in [5.41, 5.74) is 2.69. The van der Waals surface area contributed by atoms with Gasteiger partial charge < -0.3 is 44.9 Å². The molecule has 2 heterocycles. The van der Waals surface area contributed by atoms with E-state index in [4.69, 9.17) is 14.0 Å². The van der Waals surface area contributed by atoms with Gasteiger partial charge in [0.05, 0.1) is 32.7 Å². The average molecular weight is 609 g/mol. The van der Waals surface area contributed by atoms with Crippen molar-refractivity contribution in [2.45, 2.75) is 46.3 Å². The van der Waals surface area contributed by atoms with E-state index in [1.807, 2.05) is 6.92 Å². The molecule has 4 N–H and O–H groups in total. The molecular weight excluding hydrogens is 568 g/mol. The maximum absolute atomic E-state index is 13.5. The van der Waals surface area contributed by atoms with Crippen LogP contribution in [0, 0.1) is 19.8 Å². The topological polar surface area (TPSA) is 158 Å². The van der Waals surface area contributed by atoms with Crippen molar-refractivity contribution in [2.24, 2.45) is 5.92 Å². The zero-order chi connectivity index (χ0) is 32.0. The molecule has 0 saturated carbocycles. The van der Waals surface area contributed by atoms with Gasteiger partial charge in [-0.1, -0.05) is 12.1 Å². The first-order valence-corrected chi connectivity index (χ1v) is 14.4. The van der Waals surface area contributed by atoms with E-state index in [2.05, 4.69) is 21.1 Å². The van der Waals surface area contributed by atoms with Crippen molar-refractivity contribution in [3.05, 3.63) is 59.5 Å². The lowest BCUT2D eigenvalue weighted by molar-refractivity contribution is -0.134. The number of methoxy groups -OCH3 is 1. The van der Waals surface area contributed by atoms with Gasteiger partial charge in [-0.3, -0.25) is 4.79 Å². The fraction of sp³-hybridized carbons (Fsp3) is 0.419. The van der Waals surface area contributed by atoms with Gasteiger partial charge in [-0.15, -0.1) is 0 Å². The smallest absolute Gasteiger partial charge is 0.323 e. The Hall–Kier alpha value is -4.78. The number of benzene rings is 2. The van der Waals surface area contributed by atoms with Crippen molar-refractivity contribution >= 4 is 35.0 Å². The molecule has 0 fully saturated rings. The number of rotatable bonds is 8. The average Bonchev–Trinajstić information content (AvgIpc) is 3.33. The Morgan fingerprint density at radius 2 is 1.82 bits per heavy atom. The van der Waals surface area contributed by atoms with Crippen LogP contribution in [0.3, 0.4) is 0 Å². The number of ether oxygens (including phenoxy) is 2. The van der Waals surface area contributed by atoms with E-state index in [1.54, 1.807) is 82.3 Å². The van der Waals surface area contributed by atoms with Crippen LogP contribution < -0.4 is 25.4 Å². The molecule has 0 bridgehead atoms. The van der Waals surface area contributed by atoms with Crippen LogP contribution in [0.15, 0.2) is 47.0 Å². The number of likely N-dealkylation sites (N-methyl/N-ethyl adjacent to an activating group) is 1. The molecule has 3 aromatic rings. The van der Waals surface area contributed by atoms with Crippen LogP contribution in [0.4, 0.5) is 26.7 Å². The standard InChI is InChI=1S/C31H40N6O7/c1-18-15-37(19(2)17-38)28(39)14-22-13-24(33-30(40)32-23-7-10-25(42-6)11-8-23)9-12-26(22)43-27(18)16-36(5)31(41)34-29-20(3)35-44-21(29)4/h7-13,18-19,27,38H,14-17H2,1-6H3,(H,34,41)(H2,32,33,40)/t18-,19-,27+/m1/s1. The summed E-state index contributed by atoms with van der Waals surface area (Å²) < 4.78 is 16.8. The number of nitrogens with one attached hydrogen (secondary N) is 3. The van der Waals surface area contributed by atoms with Gasteiger partial charge in [-0.2, -0.15) is 0 Å². The number of carbonyl (C=O) groups excluding carboxylic acids is 3. The van der Waals surface area contributed by atoms with Gasteiger partial charge in [0.2, 0.25) is 5.91 Å². The van der Waals surface area contributed by atoms with Crippen molar-refractivity contribution in [1.82, 2.24) is 15.0 Å². The van der Waals surface area contributed by atoms with Crippen LogP contribution in [-0.2, 0) is 11.2 Å². The Bertz CT molecular complexity index is 1460. The fourth-order valence-electron chi connectivity index (χ4n) is 4.91. The molecular formula is C31H40N6O7. The number of aliphatic hydroxyl groups is 1. The Balaban J connectivity index is 1.55. The van der Waals surface area contributed by atoms with Crippen LogP contribution >= 0.6 is 0 Å². The highest BCUT2D eigenvalue weighted by molar-refractivity contribution is 6.00. The van der Waals surface area contributed by atoms with E-state index < -0.39 is 18.2 Å². The lowest BCUT2D eigenvalue weighted by Crippen LogP contribution is -2.48. The van der Waals surface area contributed by atoms with E-state index >= 15 is 0 Å². The number of hydrogen-bond acceptors (Lipinski definition) is 8. The number of anilines is 3. The summed E-state index contributed by atoms with van der Waals surface area (Å²) in [6.45, 7) is 7.50. The molecule has 1 aromatic heterocycles. The minimum absolute atomic E-state index is 0.00288. The fourth-order valence-corrected chi connectivity index (χ4v) is 4.91. The molecule has 0 aliphatic carbocycles. The summed E-state index contributed by atoms with van der Waals surface area (Å²) in [6, 6.07) is 10.8. The molecule has 44 heavy (non-hydrogen) atoms. The number of aromatic nitrogens is 1. The summed E-state index contributed by atoms with van der Waals surface area (Å²) in [4.78, 5) is 42.4. The first-order valence-electron chi connectivity index (χ1n) is 14.4. The van der Waals surface area contributed by atoms with Crippen molar-refractivity contribution in [2.75, 3.05) is 49.8 Å². The molecule has 5 amide bonds. The monoisotopic (exact) mass is 608 g/mol. The zero-order valence-corrected chi connectivity index (χ0v) is 25.8. The number of nitrogens with zero attached hydrogens (tertiary/aromatic N) is 3. The predicted octanol–water partition coefficient (Wildman–Crippen LogP) is 4.26. The van der Waals surface area contributed by atoms with E-state index in [1.165, 1.54) is 4.90 Å². The SMILES string of the molecule is COc1ccc(NC(=O)Nc2ccc3c(c2)CC(=O)N([C@H](C)CO)C[C@@H](C)[C@H](CN(C)C(=O)Nc2c(C)noc2C)O3)cc1. The molecule has 0 radical (unpaired) electrons. The predicted molar refractivity (Wildman–Crippen MR) is 165 cm³/mol. The van der Waals surface area contributed by atoms with E-state index in [0.717, 1.165) is 0 Å². The van der Waals surface area contributed by atoms with E-state index in [-0.39, 0.29) is 37.4 Å². The molecule has 1 aliphatic rings. The van der Waals surface area contributed by atoms with Crippen LogP contribution in [0.1, 0.15) is 30.9 Å². The maximum atomic E-state index is 13.5. The van der Waals surface area contributed by atoms with Gasteiger partial charge in [-0.25, -0.2) is 9.59 Å². The van der Waals surface area contributed by atoms with Crippen molar-refractivity contribution in [3.8, 4) is 11.5 Å². The molecule has 0 saturated heterocycles. The van der Waals surface area contributed by atoms with E-state index in [0.29, 0.717) is 52.1 Å². The number of urea groups is 2. The Labute approximate surface area is 256 Å². The lowest BCUT2D eigenvalue weighted by atomic mass is 10.0. The summed E-state index contributed by atoms with van der Waals surface area (Å²) in [5, 5.41) is 22.2. The van der Waals surface area contributed by atoms with Gasteiger partial charge in [0.15, 0.2) is 5.76 Å². The van der Waals surface area contributed by atoms with E-state index in [9.17, 15) is 19.5 Å². The molecule has 13 nitrogen and oxygen atoms in total. The number of fused-ring (bicyclic) bond motifs is 1. The second kappa shape index (κ2) is 14.1. The summed E-state index contributed by atoms with van der Waals surface area (Å²) in [6.07, 6.45) is -0.512. The number of amides is 5. The third kappa shape index (κ3) is 7.78. The van der Waals surface area contributed by atoms with Gasteiger partial charge in [0, 0.05) is 36.4 Å².